The van der Waals surface area contributed by atoms with Crippen LogP contribution in [-0.2, 0) is 0 Å². The van der Waals surface area contributed by atoms with Crippen LogP contribution in [0, 0.1) is 22.7 Å². The van der Waals surface area contributed by atoms with Crippen LogP contribution < -0.4 is 0 Å². The van der Waals surface area contributed by atoms with E-state index in [0.29, 0.717) is 10.8 Å². The molecule has 2 saturated carbocycles. The molecule has 2 unspecified atom stereocenters. The van der Waals surface area contributed by atoms with Gasteiger partial charge in [0.2, 0.25) is 0 Å². The summed E-state index contributed by atoms with van der Waals surface area (Å²) in [6.07, 6.45) is 6.34. The zero-order valence-corrected chi connectivity index (χ0v) is 13.1. The van der Waals surface area contributed by atoms with Crippen molar-refractivity contribution in [3.63, 3.8) is 0 Å². The number of hydrogen-bond donors (Lipinski definition) is 0. The highest BCUT2D eigenvalue weighted by atomic mass is 14.6. The van der Waals surface area contributed by atoms with Gasteiger partial charge < -0.3 is 0 Å². The topological polar surface area (TPSA) is 0 Å². The summed E-state index contributed by atoms with van der Waals surface area (Å²) in [5.74, 6) is 1.60. The van der Waals surface area contributed by atoms with Crippen molar-refractivity contribution in [1.29, 1.82) is 0 Å². The van der Waals surface area contributed by atoms with Gasteiger partial charge in [-0.2, -0.15) is 0 Å². The van der Waals surface area contributed by atoms with Gasteiger partial charge in [-0.25, -0.2) is 0 Å². The van der Waals surface area contributed by atoms with Crippen LogP contribution in [0.4, 0.5) is 0 Å². The number of allylic oxidation sites excluding steroid dienone is 4. The molecule has 0 heterocycles. The Morgan fingerprint density at radius 1 is 1.11 bits per heavy atom. The van der Waals surface area contributed by atoms with Gasteiger partial charge in [-0.15, -0.1) is 0 Å². The van der Waals surface area contributed by atoms with E-state index in [0.717, 1.165) is 18.3 Å². The highest BCUT2D eigenvalue weighted by molar-refractivity contribution is 5.45. The van der Waals surface area contributed by atoms with E-state index in [1.807, 2.05) is 0 Å². The Bertz CT molecular complexity index is 488. The molecule has 0 aromatic rings. The Labute approximate surface area is 118 Å². The summed E-state index contributed by atoms with van der Waals surface area (Å²) in [5, 5.41) is 0. The summed E-state index contributed by atoms with van der Waals surface area (Å²) < 4.78 is 0. The first-order chi connectivity index (χ1) is 8.76. The summed E-state index contributed by atoms with van der Waals surface area (Å²) >= 11 is 0. The van der Waals surface area contributed by atoms with E-state index in [-0.39, 0.29) is 0 Å². The van der Waals surface area contributed by atoms with Crippen LogP contribution in [0.1, 0.15) is 59.8 Å². The second-order valence-electron chi connectivity index (χ2n) is 8.10. The van der Waals surface area contributed by atoms with Crippen molar-refractivity contribution < 1.29 is 0 Å². The predicted molar refractivity (Wildman–Crippen MR) is 82.9 cm³/mol. The van der Waals surface area contributed by atoms with Crippen molar-refractivity contribution in [2.45, 2.75) is 59.8 Å². The molecule has 3 rings (SSSR count). The highest BCUT2D eigenvalue weighted by Gasteiger charge is 2.56. The Hall–Kier alpha value is -0.780. The normalized spacial score (nSPS) is 41.3. The first kappa shape index (κ1) is 13.2. The lowest BCUT2D eigenvalue weighted by Gasteiger charge is -2.61. The third-order valence-electron chi connectivity index (χ3n) is 6.70. The second kappa shape index (κ2) is 3.87. The Morgan fingerprint density at radius 2 is 1.79 bits per heavy atom. The zero-order valence-electron chi connectivity index (χ0n) is 13.1. The van der Waals surface area contributed by atoms with E-state index in [9.17, 15) is 0 Å². The predicted octanol–water partition coefficient (Wildman–Crippen LogP) is 5.67. The first-order valence-corrected chi connectivity index (χ1v) is 7.82. The largest absolute Gasteiger partial charge is 0.0995 e. The molecule has 0 aromatic heterocycles. The molecule has 0 N–H and O–H groups in total. The summed E-state index contributed by atoms with van der Waals surface area (Å²) in [4.78, 5) is 0. The van der Waals surface area contributed by atoms with Gasteiger partial charge >= 0.3 is 0 Å². The molecule has 3 aliphatic rings. The SMILES string of the molecule is C=C1CC2=C(C)C(=C)CC3C(C)(C)CCC(C1)[C@]23C. The lowest BCUT2D eigenvalue weighted by atomic mass is 9.43. The molecular weight excluding hydrogens is 228 g/mol. The number of rotatable bonds is 0. The maximum atomic E-state index is 4.37. The minimum Gasteiger partial charge on any atom is -0.0995 e. The summed E-state index contributed by atoms with van der Waals surface area (Å²) in [6, 6.07) is 0. The van der Waals surface area contributed by atoms with Crippen molar-refractivity contribution in [3.05, 3.63) is 35.5 Å². The van der Waals surface area contributed by atoms with Crippen molar-refractivity contribution in [3.8, 4) is 0 Å². The standard InChI is InChI=1S/C19H28/c1-12-9-15-7-8-18(4,5)17-11-13(2)14(3)16(10-12)19(15,17)6/h15,17H,1-2,7-11H2,3-6H3/t15?,17?,19-/m1/s1. The van der Waals surface area contributed by atoms with E-state index in [4.69, 9.17) is 0 Å². The van der Waals surface area contributed by atoms with Crippen LogP contribution in [0.25, 0.3) is 0 Å². The van der Waals surface area contributed by atoms with E-state index >= 15 is 0 Å². The molecule has 0 heteroatoms. The molecule has 3 aliphatic carbocycles. The molecule has 0 amide bonds. The molecule has 0 aromatic carbocycles. The van der Waals surface area contributed by atoms with Crippen molar-refractivity contribution in [2.24, 2.45) is 22.7 Å². The quantitative estimate of drug-likeness (QED) is 0.490. The van der Waals surface area contributed by atoms with Gasteiger partial charge in [-0.05, 0) is 67.3 Å². The fourth-order valence-electron chi connectivity index (χ4n) is 5.39. The van der Waals surface area contributed by atoms with Crippen LogP contribution in [0.2, 0.25) is 0 Å². The van der Waals surface area contributed by atoms with Gasteiger partial charge in [0.25, 0.3) is 0 Å². The maximum absolute atomic E-state index is 4.37. The molecule has 0 radical (unpaired) electrons. The highest BCUT2D eigenvalue weighted by Crippen LogP contribution is 2.66. The average molecular weight is 256 g/mol. The molecule has 104 valence electrons. The Morgan fingerprint density at radius 3 is 2.47 bits per heavy atom. The minimum absolute atomic E-state index is 0.411. The molecule has 0 nitrogen and oxygen atoms in total. The maximum Gasteiger partial charge on any atom is -0.00396 e. The van der Waals surface area contributed by atoms with Crippen molar-refractivity contribution >= 4 is 0 Å². The molecule has 3 atom stereocenters. The minimum atomic E-state index is 0.411. The van der Waals surface area contributed by atoms with Gasteiger partial charge in [0.15, 0.2) is 0 Å². The molecule has 19 heavy (non-hydrogen) atoms. The molecule has 0 spiro atoms. The zero-order chi connectivity index (χ0) is 14.0. The molecule has 2 fully saturated rings. The monoisotopic (exact) mass is 256 g/mol. The third-order valence-corrected chi connectivity index (χ3v) is 6.70. The molecule has 0 aliphatic heterocycles. The lowest BCUT2D eigenvalue weighted by molar-refractivity contribution is -0.0349. The fourth-order valence-corrected chi connectivity index (χ4v) is 5.39. The lowest BCUT2D eigenvalue weighted by Crippen LogP contribution is -2.52. The first-order valence-electron chi connectivity index (χ1n) is 7.82. The third kappa shape index (κ3) is 1.65. The Kier molecular flexibility index (Phi) is 2.69. The van der Waals surface area contributed by atoms with Crippen molar-refractivity contribution in [2.75, 3.05) is 0 Å². The van der Waals surface area contributed by atoms with Crippen LogP contribution >= 0.6 is 0 Å². The Balaban J connectivity index is 2.19. The van der Waals surface area contributed by atoms with Crippen LogP contribution in [0.5, 0.6) is 0 Å². The molecule has 0 saturated heterocycles. The smallest absolute Gasteiger partial charge is 0.00396 e. The van der Waals surface area contributed by atoms with Gasteiger partial charge in [-0.1, -0.05) is 50.6 Å². The van der Waals surface area contributed by atoms with Crippen LogP contribution in [0.3, 0.4) is 0 Å². The van der Waals surface area contributed by atoms with Crippen LogP contribution in [-0.4, -0.2) is 0 Å². The average Bonchev–Trinajstić information content (AvgIpc) is 2.32. The van der Waals surface area contributed by atoms with E-state index in [1.165, 1.54) is 42.4 Å². The van der Waals surface area contributed by atoms with Crippen LogP contribution in [0.15, 0.2) is 35.5 Å². The van der Waals surface area contributed by atoms with Gasteiger partial charge in [-0.3, -0.25) is 0 Å². The second-order valence-corrected chi connectivity index (χ2v) is 8.10. The summed E-state index contributed by atoms with van der Waals surface area (Å²) in [7, 11) is 0. The summed E-state index contributed by atoms with van der Waals surface area (Å²) in [5.41, 5.74) is 6.89. The van der Waals surface area contributed by atoms with E-state index in [2.05, 4.69) is 40.9 Å². The van der Waals surface area contributed by atoms with Gasteiger partial charge in [0.1, 0.15) is 0 Å². The van der Waals surface area contributed by atoms with E-state index in [1.54, 1.807) is 5.57 Å². The fraction of sp³-hybridized carbons (Fsp3) is 0.684. The molecule has 0 bridgehead atoms. The molecular formula is C19H28. The van der Waals surface area contributed by atoms with E-state index < -0.39 is 0 Å². The number of hydrogen-bond acceptors (Lipinski definition) is 0. The summed E-state index contributed by atoms with van der Waals surface area (Å²) in [6.45, 7) is 18.5. The van der Waals surface area contributed by atoms with Gasteiger partial charge in [0.05, 0.1) is 0 Å². The van der Waals surface area contributed by atoms with Crippen molar-refractivity contribution in [1.82, 2.24) is 0 Å². The van der Waals surface area contributed by atoms with Gasteiger partial charge in [0, 0.05) is 0 Å².